The second-order valence-corrected chi connectivity index (χ2v) is 7.64. The first-order valence-electron chi connectivity index (χ1n) is 8.83. The smallest absolute Gasteiger partial charge is 0.323 e. The summed E-state index contributed by atoms with van der Waals surface area (Å²) in [5, 5.41) is 3.87. The first-order valence-corrected chi connectivity index (χ1v) is 9.21. The maximum atomic E-state index is 12.8. The van der Waals surface area contributed by atoms with Crippen molar-refractivity contribution in [2.24, 2.45) is 17.8 Å². The zero-order valence-electron chi connectivity index (χ0n) is 14.9. The average molecular weight is 393 g/mol. The molecule has 2 unspecified atom stereocenters. The molecule has 0 aliphatic carbocycles. The first kappa shape index (κ1) is 18.4. The van der Waals surface area contributed by atoms with Crippen LogP contribution in [0.25, 0.3) is 0 Å². The molecule has 3 aliphatic rings. The van der Waals surface area contributed by atoms with E-state index in [0.29, 0.717) is 11.6 Å². The maximum Gasteiger partial charge on any atom is 0.323 e. The van der Waals surface area contributed by atoms with E-state index in [-0.39, 0.29) is 29.8 Å². The molecule has 2 amide bonds. The number of esters is 1. The largest absolute Gasteiger partial charge is 0.468 e. The van der Waals surface area contributed by atoms with Crippen LogP contribution in [-0.2, 0) is 19.1 Å². The summed E-state index contributed by atoms with van der Waals surface area (Å²) in [6.07, 6.45) is 0. The highest BCUT2D eigenvalue weighted by Gasteiger charge is 2.62. The summed E-state index contributed by atoms with van der Waals surface area (Å²) in [6, 6.07) is 6.23. The third-order valence-electron chi connectivity index (χ3n) is 5.91. The Kier molecular flexibility index (Phi) is 4.67. The van der Waals surface area contributed by atoms with Gasteiger partial charge in [-0.05, 0) is 17.7 Å². The summed E-state index contributed by atoms with van der Waals surface area (Å²) < 4.78 is 4.87. The molecule has 0 spiro atoms. The van der Waals surface area contributed by atoms with Crippen molar-refractivity contribution in [2.75, 3.05) is 20.7 Å². The lowest BCUT2D eigenvalue weighted by atomic mass is 9.80. The van der Waals surface area contributed by atoms with E-state index in [2.05, 4.69) is 16.2 Å². The number of amides is 2. The molecule has 6 atom stereocenters. The van der Waals surface area contributed by atoms with E-state index in [1.807, 2.05) is 24.3 Å². The van der Waals surface area contributed by atoms with Gasteiger partial charge in [-0.2, -0.15) is 0 Å². The molecule has 0 saturated carbocycles. The van der Waals surface area contributed by atoms with E-state index in [1.165, 1.54) is 14.2 Å². The number of nitrogens with one attached hydrogen (secondary N) is 3. The lowest BCUT2D eigenvalue weighted by Crippen LogP contribution is -2.48. The minimum Gasteiger partial charge on any atom is -0.468 e. The van der Waals surface area contributed by atoms with Gasteiger partial charge in [0, 0.05) is 30.6 Å². The highest BCUT2D eigenvalue weighted by molar-refractivity contribution is 6.30. The van der Waals surface area contributed by atoms with Gasteiger partial charge in [0.05, 0.1) is 25.0 Å². The molecule has 0 radical (unpaired) electrons. The normalized spacial score (nSPS) is 35.6. The molecule has 27 heavy (non-hydrogen) atoms. The SMILES string of the molecule is COC(=O)[C@@H]1N[C@H](C2CNNC2c2ccc(Cl)cc2)[C@@H]2C(=O)N(C)C(=O)[C@@H]21. The van der Waals surface area contributed by atoms with Gasteiger partial charge in [-0.15, -0.1) is 0 Å². The number of carbonyl (C=O) groups is 3. The molecule has 3 N–H and O–H groups in total. The summed E-state index contributed by atoms with van der Waals surface area (Å²) in [6.45, 7) is 0.591. The van der Waals surface area contributed by atoms with Crippen LogP contribution in [0.4, 0.5) is 0 Å². The fraction of sp³-hybridized carbons (Fsp3) is 0.500. The second kappa shape index (κ2) is 6.87. The molecule has 3 fully saturated rings. The molecule has 1 aromatic carbocycles. The number of halogens is 1. The number of hydrogen-bond acceptors (Lipinski definition) is 7. The summed E-state index contributed by atoms with van der Waals surface area (Å²) in [7, 11) is 2.75. The van der Waals surface area contributed by atoms with Crippen LogP contribution >= 0.6 is 11.6 Å². The van der Waals surface area contributed by atoms with Crippen molar-refractivity contribution in [3.05, 3.63) is 34.9 Å². The zero-order valence-corrected chi connectivity index (χ0v) is 15.7. The summed E-state index contributed by atoms with van der Waals surface area (Å²) >= 11 is 5.99. The van der Waals surface area contributed by atoms with Gasteiger partial charge in [-0.3, -0.25) is 30.0 Å². The molecule has 4 rings (SSSR count). The third kappa shape index (κ3) is 2.84. The Morgan fingerprint density at radius 1 is 1.19 bits per heavy atom. The van der Waals surface area contributed by atoms with Crippen LogP contribution in [-0.4, -0.2) is 55.5 Å². The number of rotatable bonds is 3. The molecule has 3 aliphatic heterocycles. The Hall–Kier alpha value is -2.00. The molecular weight excluding hydrogens is 372 g/mol. The number of likely N-dealkylation sites (tertiary alicyclic amines) is 1. The number of ether oxygens (including phenoxy) is 1. The van der Waals surface area contributed by atoms with E-state index >= 15 is 0 Å². The van der Waals surface area contributed by atoms with Gasteiger partial charge in [-0.1, -0.05) is 23.7 Å². The quantitative estimate of drug-likeness (QED) is 0.486. The molecule has 3 heterocycles. The van der Waals surface area contributed by atoms with Gasteiger partial charge in [0.15, 0.2) is 0 Å². The Morgan fingerprint density at radius 3 is 2.52 bits per heavy atom. The lowest BCUT2D eigenvalue weighted by molar-refractivity contribution is -0.147. The van der Waals surface area contributed by atoms with Crippen LogP contribution in [0.2, 0.25) is 5.02 Å². The van der Waals surface area contributed by atoms with Crippen LogP contribution in [0.5, 0.6) is 0 Å². The first-order chi connectivity index (χ1) is 12.9. The Labute approximate surface area is 161 Å². The van der Waals surface area contributed by atoms with Crippen molar-refractivity contribution in [3.63, 3.8) is 0 Å². The van der Waals surface area contributed by atoms with Gasteiger partial charge in [0.25, 0.3) is 0 Å². The highest BCUT2D eigenvalue weighted by Crippen LogP contribution is 2.43. The van der Waals surface area contributed by atoms with Crippen molar-refractivity contribution < 1.29 is 19.1 Å². The van der Waals surface area contributed by atoms with Crippen LogP contribution in [0.15, 0.2) is 24.3 Å². The fourth-order valence-electron chi connectivity index (χ4n) is 4.58. The van der Waals surface area contributed by atoms with E-state index in [1.54, 1.807) is 0 Å². The van der Waals surface area contributed by atoms with E-state index in [4.69, 9.17) is 16.3 Å². The average Bonchev–Trinajstić information content (AvgIpc) is 3.35. The predicted molar refractivity (Wildman–Crippen MR) is 96.3 cm³/mol. The molecule has 144 valence electrons. The molecule has 1 aromatic rings. The maximum absolute atomic E-state index is 12.8. The van der Waals surface area contributed by atoms with Crippen LogP contribution < -0.4 is 16.2 Å². The Bertz CT molecular complexity index is 786. The minimum absolute atomic E-state index is 0.0448. The number of hydrogen-bond donors (Lipinski definition) is 3. The molecule has 8 nitrogen and oxygen atoms in total. The predicted octanol–water partition coefficient (Wildman–Crippen LogP) is -0.150. The Balaban J connectivity index is 1.67. The summed E-state index contributed by atoms with van der Waals surface area (Å²) in [5.41, 5.74) is 7.39. The van der Waals surface area contributed by atoms with Crippen LogP contribution in [0, 0.1) is 17.8 Å². The monoisotopic (exact) mass is 392 g/mol. The summed E-state index contributed by atoms with van der Waals surface area (Å²) in [5.74, 6) is -2.48. The fourth-order valence-corrected chi connectivity index (χ4v) is 4.71. The molecule has 0 aromatic heterocycles. The van der Waals surface area contributed by atoms with Crippen LogP contribution in [0.1, 0.15) is 11.6 Å². The number of imide groups is 1. The van der Waals surface area contributed by atoms with Crippen molar-refractivity contribution in [1.82, 2.24) is 21.1 Å². The molecule has 0 bridgehead atoms. The van der Waals surface area contributed by atoms with Gasteiger partial charge in [0.1, 0.15) is 6.04 Å². The van der Waals surface area contributed by atoms with Gasteiger partial charge in [0.2, 0.25) is 11.8 Å². The lowest BCUT2D eigenvalue weighted by Gasteiger charge is -2.28. The van der Waals surface area contributed by atoms with Gasteiger partial charge < -0.3 is 4.74 Å². The molecular formula is C18H21ClN4O4. The number of benzene rings is 1. The number of carbonyl (C=O) groups excluding carboxylic acids is 3. The van der Waals surface area contributed by atoms with Crippen LogP contribution in [0.3, 0.4) is 0 Å². The second-order valence-electron chi connectivity index (χ2n) is 7.20. The van der Waals surface area contributed by atoms with Crippen molar-refractivity contribution in [2.45, 2.75) is 18.1 Å². The van der Waals surface area contributed by atoms with E-state index < -0.39 is 23.8 Å². The van der Waals surface area contributed by atoms with Gasteiger partial charge >= 0.3 is 5.97 Å². The number of nitrogens with zero attached hydrogens (tertiary/aromatic N) is 1. The third-order valence-corrected chi connectivity index (χ3v) is 6.16. The summed E-state index contributed by atoms with van der Waals surface area (Å²) in [4.78, 5) is 38.7. The molecule has 3 saturated heterocycles. The zero-order chi connectivity index (χ0) is 19.3. The topological polar surface area (TPSA) is 99.8 Å². The van der Waals surface area contributed by atoms with Crippen molar-refractivity contribution in [3.8, 4) is 0 Å². The standard InChI is InChI=1S/C18H21ClN4O4/c1-23-16(24)11-12(17(23)25)15(18(26)27-2)21-14(11)10-7-20-22-13(10)8-3-5-9(19)6-4-8/h3-6,10-15,20-22H,7H2,1-2H3/t10?,11-,12+,13?,14-,15-/m1/s1. The van der Waals surface area contributed by atoms with E-state index in [0.717, 1.165) is 10.5 Å². The number of methoxy groups -OCH3 is 1. The van der Waals surface area contributed by atoms with Gasteiger partial charge in [-0.25, -0.2) is 5.43 Å². The molecule has 9 heteroatoms. The van der Waals surface area contributed by atoms with Crippen molar-refractivity contribution >= 4 is 29.4 Å². The number of fused-ring (bicyclic) bond motifs is 1. The highest BCUT2D eigenvalue weighted by atomic mass is 35.5. The van der Waals surface area contributed by atoms with E-state index in [9.17, 15) is 14.4 Å². The minimum atomic E-state index is -0.821. The van der Waals surface area contributed by atoms with Crippen molar-refractivity contribution in [1.29, 1.82) is 0 Å². The Morgan fingerprint density at radius 2 is 1.85 bits per heavy atom. The number of hydrazine groups is 1.